The summed E-state index contributed by atoms with van der Waals surface area (Å²) in [5.74, 6) is 1.04. The molecule has 0 atom stereocenters. The van der Waals surface area contributed by atoms with Gasteiger partial charge in [-0.15, -0.1) is 0 Å². The maximum absolute atomic E-state index is 11.0. The second-order valence-corrected chi connectivity index (χ2v) is 9.93. The Morgan fingerprint density at radius 1 is 0.537 bits per heavy atom. The number of benzene rings is 3. The molecule has 0 saturated carbocycles. The maximum Gasteiger partial charge on any atom is 0.330 e. The fourth-order valence-corrected chi connectivity index (χ4v) is 4.37. The van der Waals surface area contributed by atoms with Crippen LogP contribution in [0.2, 0.25) is 0 Å². The van der Waals surface area contributed by atoms with Crippen molar-refractivity contribution in [3.05, 3.63) is 97.1 Å². The predicted molar refractivity (Wildman–Crippen MR) is 163 cm³/mol. The molecule has 0 bridgehead atoms. The van der Waals surface area contributed by atoms with E-state index in [-0.39, 0.29) is 11.9 Å². The van der Waals surface area contributed by atoms with E-state index in [1.807, 2.05) is 18.2 Å². The summed E-state index contributed by atoms with van der Waals surface area (Å²) in [6.07, 6.45) is 11.0. The molecule has 0 aliphatic carbocycles. The van der Waals surface area contributed by atoms with Crippen LogP contribution in [0.4, 0.5) is 0 Å². The smallest absolute Gasteiger partial charge is 0.330 e. The summed E-state index contributed by atoms with van der Waals surface area (Å²) in [6.45, 7) is 9.01. The molecule has 0 heterocycles. The summed E-state index contributed by atoms with van der Waals surface area (Å²) in [5.41, 5.74) is 2.50. The van der Waals surface area contributed by atoms with Gasteiger partial charge in [0, 0.05) is 12.2 Å². The molecule has 3 rings (SSSR count). The van der Waals surface area contributed by atoms with Crippen molar-refractivity contribution in [2.75, 3.05) is 26.4 Å². The highest BCUT2D eigenvalue weighted by molar-refractivity contribution is 5.84. The van der Waals surface area contributed by atoms with E-state index in [9.17, 15) is 9.59 Å². The van der Waals surface area contributed by atoms with Gasteiger partial charge in [-0.2, -0.15) is 0 Å². The van der Waals surface area contributed by atoms with Gasteiger partial charge >= 0.3 is 11.9 Å². The molecule has 218 valence electrons. The van der Waals surface area contributed by atoms with Gasteiger partial charge in [-0.25, -0.2) is 9.59 Å². The van der Waals surface area contributed by atoms with Crippen molar-refractivity contribution in [3.63, 3.8) is 0 Å². The summed E-state index contributed by atoms with van der Waals surface area (Å²) in [5, 5.41) is 2.36. The number of fused-ring (bicyclic) bond motifs is 1. The standard InChI is InChI=1S/C35H42O6/c1-3-34(36)40-23-11-7-5-9-21-38-32-18-14-28(15-19-32)25-29-13-16-31-27-33(20-17-30(31)26-29)39-22-10-6-8-12-24-41-35(37)4-2/h3-4,13-20,26-27H,1-2,5-12,21-25H2. The van der Waals surface area contributed by atoms with E-state index in [1.165, 1.54) is 28.7 Å². The molecule has 0 fully saturated rings. The van der Waals surface area contributed by atoms with Gasteiger partial charge in [0.2, 0.25) is 0 Å². The van der Waals surface area contributed by atoms with Crippen LogP contribution in [0.25, 0.3) is 10.8 Å². The molecular formula is C35H42O6. The van der Waals surface area contributed by atoms with Crippen molar-refractivity contribution < 1.29 is 28.5 Å². The van der Waals surface area contributed by atoms with Gasteiger partial charge < -0.3 is 18.9 Å². The number of unbranched alkanes of at least 4 members (excludes halogenated alkanes) is 6. The lowest BCUT2D eigenvalue weighted by Crippen LogP contribution is -2.02. The third-order valence-electron chi connectivity index (χ3n) is 6.64. The van der Waals surface area contributed by atoms with Crippen LogP contribution < -0.4 is 9.47 Å². The van der Waals surface area contributed by atoms with Crippen molar-refractivity contribution in [3.8, 4) is 11.5 Å². The molecule has 0 saturated heterocycles. The molecule has 0 radical (unpaired) electrons. The van der Waals surface area contributed by atoms with Gasteiger partial charge in [-0.3, -0.25) is 0 Å². The Morgan fingerprint density at radius 3 is 1.59 bits per heavy atom. The highest BCUT2D eigenvalue weighted by atomic mass is 16.5. The van der Waals surface area contributed by atoms with Crippen molar-refractivity contribution >= 4 is 22.7 Å². The maximum atomic E-state index is 11.0. The summed E-state index contributed by atoms with van der Waals surface area (Å²) in [4.78, 5) is 22.0. The average Bonchev–Trinajstić information content (AvgIpc) is 3.00. The molecule has 0 N–H and O–H groups in total. The van der Waals surface area contributed by atoms with Gasteiger partial charge in [0.25, 0.3) is 0 Å². The van der Waals surface area contributed by atoms with Crippen LogP contribution in [0.15, 0.2) is 86.0 Å². The lowest BCUT2D eigenvalue weighted by molar-refractivity contribution is -0.138. The van der Waals surface area contributed by atoms with Crippen LogP contribution in [0, 0.1) is 0 Å². The molecule has 6 nitrogen and oxygen atoms in total. The number of hydrogen-bond acceptors (Lipinski definition) is 6. The molecule has 0 amide bonds. The Balaban J connectivity index is 1.33. The molecule has 0 aliphatic rings. The molecule has 6 heteroatoms. The molecule has 3 aromatic rings. The van der Waals surface area contributed by atoms with Crippen LogP contribution in [0.3, 0.4) is 0 Å². The van der Waals surface area contributed by atoms with Crippen LogP contribution in [0.5, 0.6) is 11.5 Å². The molecule has 0 spiro atoms. The Kier molecular flexibility index (Phi) is 14.1. The van der Waals surface area contributed by atoms with Crippen LogP contribution in [0.1, 0.15) is 62.5 Å². The third-order valence-corrected chi connectivity index (χ3v) is 6.64. The monoisotopic (exact) mass is 558 g/mol. The lowest BCUT2D eigenvalue weighted by Gasteiger charge is -2.10. The Hall–Kier alpha value is -4.06. The highest BCUT2D eigenvalue weighted by Crippen LogP contribution is 2.24. The van der Waals surface area contributed by atoms with E-state index in [2.05, 4.69) is 55.6 Å². The first kappa shape index (κ1) is 31.5. The number of ether oxygens (including phenoxy) is 4. The van der Waals surface area contributed by atoms with Crippen molar-refractivity contribution in [2.24, 2.45) is 0 Å². The average molecular weight is 559 g/mol. The molecule has 0 aromatic heterocycles. The van der Waals surface area contributed by atoms with Gasteiger partial charge in [0.05, 0.1) is 26.4 Å². The number of carbonyl (C=O) groups excluding carboxylic acids is 2. The van der Waals surface area contributed by atoms with Gasteiger partial charge in [0.15, 0.2) is 0 Å². The minimum Gasteiger partial charge on any atom is -0.494 e. The largest absolute Gasteiger partial charge is 0.494 e. The first-order valence-corrected chi connectivity index (χ1v) is 14.5. The van der Waals surface area contributed by atoms with E-state index in [1.54, 1.807) is 0 Å². The fourth-order valence-electron chi connectivity index (χ4n) is 4.37. The first-order valence-electron chi connectivity index (χ1n) is 14.5. The molecule has 0 aliphatic heterocycles. The fraction of sp³-hybridized carbons (Fsp3) is 0.371. The van der Waals surface area contributed by atoms with Gasteiger partial charge in [-0.1, -0.05) is 49.6 Å². The number of rotatable bonds is 20. The van der Waals surface area contributed by atoms with Crippen molar-refractivity contribution in [2.45, 2.75) is 57.8 Å². The Labute approximate surface area is 244 Å². The second kappa shape index (κ2) is 18.3. The van der Waals surface area contributed by atoms with Crippen LogP contribution >= 0.6 is 0 Å². The Morgan fingerprint density at radius 2 is 1.00 bits per heavy atom. The normalized spacial score (nSPS) is 10.6. The minimum atomic E-state index is -0.362. The van der Waals surface area contributed by atoms with E-state index in [4.69, 9.17) is 18.9 Å². The van der Waals surface area contributed by atoms with Crippen molar-refractivity contribution in [1.82, 2.24) is 0 Å². The van der Waals surface area contributed by atoms with Crippen LogP contribution in [-0.4, -0.2) is 38.4 Å². The Bertz CT molecular complexity index is 1250. The zero-order valence-electron chi connectivity index (χ0n) is 24.0. The van der Waals surface area contributed by atoms with E-state index in [0.29, 0.717) is 26.4 Å². The SMILES string of the molecule is C=CC(=O)OCCCCCCOc1ccc(Cc2ccc3cc(OCCCCCCOC(=O)C=C)ccc3c2)cc1. The van der Waals surface area contributed by atoms with Crippen LogP contribution in [-0.2, 0) is 25.5 Å². The third kappa shape index (κ3) is 12.3. The second-order valence-electron chi connectivity index (χ2n) is 9.93. The zero-order valence-corrected chi connectivity index (χ0v) is 24.0. The number of carbonyl (C=O) groups is 2. The zero-order chi connectivity index (χ0) is 29.1. The van der Waals surface area contributed by atoms with Gasteiger partial charge in [-0.05, 0) is 104 Å². The quantitative estimate of drug-likeness (QED) is 0.0802. The number of hydrogen-bond donors (Lipinski definition) is 0. The summed E-state index contributed by atoms with van der Waals surface area (Å²) in [7, 11) is 0. The lowest BCUT2D eigenvalue weighted by atomic mass is 10.0. The topological polar surface area (TPSA) is 71.1 Å². The molecule has 0 unspecified atom stereocenters. The molecule has 41 heavy (non-hydrogen) atoms. The number of esters is 2. The van der Waals surface area contributed by atoms with E-state index in [0.717, 1.165) is 74.7 Å². The van der Waals surface area contributed by atoms with Gasteiger partial charge in [0.1, 0.15) is 11.5 Å². The summed E-state index contributed by atoms with van der Waals surface area (Å²) < 4.78 is 21.8. The van der Waals surface area contributed by atoms with E-state index < -0.39 is 0 Å². The summed E-state index contributed by atoms with van der Waals surface area (Å²) >= 11 is 0. The molecule has 3 aromatic carbocycles. The molecular weight excluding hydrogens is 516 g/mol. The highest BCUT2D eigenvalue weighted by Gasteiger charge is 2.03. The first-order chi connectivity index (χ1) is 20.1. The summed E-state index contributed by atoms with van der Waals surface area (Å²) in [6, 6.07) is 21.1. The van der Waals surface area contributed by atoms with Crippen molar-refractivity contribution in [1.29, 1.82) is 0 Å². The minimum absolute atomic E-state index is 0.361. The predicted octanol–water partition coefficient (Wildman–Crippen LogP) is 7.77. The van der Waals surface area contributed by atoms with E-state index >= 15 is 0 Å².